The highest BCUT2D eigenvalue weighted by atomic mass is 35.5. The number of benzene rings is 1. The molecule has 22 heavy (non-hydrogen) atoms. The summed E-state index contributed by atoms with van der Waals surface area (Å²) in [5, 5.41) is 4.10. The molecule has 2 nitrogen and oxygen atoms in total. The fourth-order valence-corrected chi connectivity index (χ4v) is 3.79. The molecule has 0 aromatic heterocycles. The zero-order chi connectivity index (χ0) is 15.3. The predicted molar refractivity (Wildman–Crippen MR) is 82.1 cm³/mol. The van der Waals surface area contributed by atoms with Gasteiger partial charge in [-0.2, -0.15) is 13.2 Å². The van der Waals surface area contributed by atoms with Crippen LogP contribution >= 0.6 is 35.6 Å². The third-order valence-electron chi connectivity index (χ3n) is 4.49. The summed E-state index contributed by atoms with van der Waals surface area (Å²) in [6.07, 6.45) is -4.30. The highest BCUT2D eigenvalue weighted by Crippen LogP contribution is 2.62. The fourth-order valence-electron chi connectivity index (χ4n) is 3.49. The predicted octanol–water partition coefficient (Wildman–Crippen LogP) is 4.08. The van der Waals surface area contributed by atoms with Gasteiger partial charge in [-0.05, 0) is 42.6 Å². The van der Waals surface area contributed by atoms with Crippen molar-refractivity contribution < 1.29 is 17.9 Å². The molecule has 0 radical (unpaired) electrons. The van der Waals surface area contributed by atoms with Crippen molar-refractivity contribution in [3.05, 3.63) is 33.8 Å². The lowest BCUT2D eigenvalue weighted by Crippen LogP contribution is -2.31. The highest BCUT2D eigenvalue weighted by molar-refractivity contribution is 6.42. The minimum Gasteiger partial charge on any atom is -0.371 e. The van der Waals surface area contributed by atoms with E-state index in [9.17, 15) is 13.2 Å². The number of halogens is 6. The van der Waals surface area contributed by atoms with Gasteiger partial charge in [0.05, 0.1) is 16.7 Å². The molecule has 2 fully saturated rings. The largest absolute Gasteiger partial charge is 0.411 e. The Morgan fingerprint density at radius 1 is 1.18 bits per heavy atom. The van der Waals surface area contributed by atoms with Crippen LogP contribution in [-0.2, 0) is 10.2 Å². The van der Waals surface area contributed by atoms with E-state index in [1.807, 2.05) is 6.07 Å². The van der Waals surface area contributed by atoms with Crippen molar-refractivity contribution >= 4 is 35.6 Å². The second-order valence-electron chi connectivity index (χ2n) is 5.65. The summed E-state index contributed by atoms with van der Waals surface area (Å²) < 4.78 is 41.8. The lowest BCUT2D eigenvalue weighted by Gasteiger charge is -2.23. The van der Waals surface area contributed by atoms with Gasteiger partial charge in [0.2, 0.25) is 0 Å². The molecule has 1 saturated heterocycles. The van der Waals surface area contributed by atoms with Crippen molar-refractivity contribution in [2.45, 2.75) is 11.6 Å². The molecule has 0 amide bonds. The second-order valence-corrected chi connectivity index (χ2v) is 6.46. The summed E-state index contributed by atoms with van der Waals surface area (Å²) in [6, 6.07) is 5.27. The summed E-state index contributed by atoms with van der Waals surface area (Å²) in [7, 11) is 0. The van der Waals surface area contributed by atoms with Gasteiger partial charge in [0.1, 0.15) is 6.61 Å². The Morgan fingerprint density at radius 2 is 1.82 bits per heavy atom. The van der Waals surface area contributed by atoms with Gasteiger partial charge >= 0.3 is 6.18 Å². The van der Waals surface area contributed by atoms with E-state index >= 15 is 0 Å². The van der Waals surface area contributed by atoms with Gasteiger partial charge < -0.3 is 10.1 Å². The summed E-state index contributed by atoms with van der Waals surface area (Å²) in [5.74, 6) is 0.589. The number of rotatable bonds is 4. The molecule has 1 aliphatic carbocycles. The number of ether oxygens (including phenoxy) is 1. The Balaban J connectivity index is 0.00000176. The van der Waals surface area contributed by atoms with E-state index in [0.29, 0.717) is 21.9 Å². The molecule has 1 unspecified atom stereocenters. The normalized spacial score (nSPS) is 29.9. The van der Waals surface area contributed by atoms with Crippen molar-refractivity contribution in [2.24, 2.45) is 11.8 Å². The van der Waals surface area contributed by atoms with Crippen LogP contribution in [0.2, 0.25) is 10.0 Å². The van der Waals surface area contributed by atoms with Crippen molar-refractivity contribution in [2.75, 3.05) is 26.3 Å². The van der Waals surface area contributed by atoms with Crippen LogP contribution in [0.4, 0.5) is 13.2 Å². The van der Waals surface area contributed by atoms with Crippen molar-refractivity contribution in [1.82, 2.24) is 5.32 Å². The molecule has 1 aromatic rings. The van der Waals surface area contributed by atoms with Crippen LogP contribution in [0, 0.1) is 11.8 Å². The first-order chi connectivity index (χ1) is 9.84. The smallest absolute Gasteiger partial charge is 0.371 e. The molecule has 1 heterocycles. The molecular weight excluding hydrogens is 362 g/mol. The Bertz CT molecular complexity index is 543. The van der Waals surface area contributed by atoms with Gasteiger partial charge in [0.25, 0.3) is 0 Å². The number of hydrogen-bond donors (Lipinski definition) is 1. The van der Waals surface area contributed by atoms with Crippen LogP contribution in [0.3, 0.4) is 0 Å². The quantitative estimate of drug-likeness (QED) is 0.855. The zero-order valence-corrected chi connectivity index (χ0v) is 13.7. The Hall–Kier alpha value is -0.200. The van der Waals surface area contributed by atoms with E-state index in [1.54, 1.807) is 12.1 Å². The fraction of sp³-hybridized carbons (Fsp3) is 0.571. The third kappa shape index (κ3) is 3.20. The number of nitrogens with one attached hydrogen (secondary N) is 1. The lowest BCUT2D eigenvalue weighted by molar-refractivity contribution is -0.176. The standard InChI is InChI=1S/C14H14Cl2F3NO.ClH/c15-11-2-1-8(3-12(11)16)13(6-21-7-14(17,18)19)9-4-20-5-10(9)13;/h1-3,9-10,20H,4-7H2;1H/t9-,10?,13+;/m0./s1. The number of piperidine rings is 1. The monoisotopic (exact) mass is 375 g/mol. The van der Waals surface area contributed by atoms with Gasteiger partial charge in [0, 0.05) is 5.41 Å². The molecule has 1 saturated carbocycles. The van der Waals surface area contributed by atoms with Crippen LogP contribution in [0.15, 0.2) is 18.2 Å². The number of fused-ring (bicyclic) bond motifs is 1. The average molecular weight is 377 g/mol. The highest BCUT2D eigenvalue weighted by Gasteiger charge is 2.67. The van der Waals surface area contributed by atoms with Crippen molar-refractivity contribution in [3.8, 4) is 0 Å². The summed E-state index contributed by atoms with van der Waals surface area (Å²) in [4.78, 5) is 0. The second kappa shape index (κ2) is 6.36. The number of alkyl halides is 3. The molecule has 1 aromatic carbocycles. The summed E-state index contributed by atoms with van der Waals surface area (Å²) in [6.45, 7) is 0.422. The lowest BCUT2D eigenvalue weighted by atomic mass is 9.91. The van der Waals surface area contributed by atoms with E-state index in [2.05, 4.69) is 5.32 Å². The van der Waals surface area contributed by atoms with Gasteiger partial charge in [-0.15, -0.1) is 12.4 Å². The van der Waals surface area contributed by atoms with Crippen LogP contribution in [-0.4, -0.2) is 32.5 Å². The van der Waals surface area contributed by atoms with Crippen LogP contribution < -0.4 is 5.32 Å². The van der Waals surface area contributed by atoms with E-state index in [1.165, 1.54) is 0 Å². The van der Waals surface area contributed by atoms with Crippen molar-refractivity contribution in [3.63, 3.8) is 0 Å². The minimum absolute atomic E-state index is 0. The summed E-state index contributed by atoms with van der Waals surface area (Å²) >= 11 is 12.0. The van der Waals surface area contributed by atoms with Crippen LogP contribution in [0.1, 0.15) is 5.56 Å². The SMILES string of the molecule is Cl.FC(F)(F)COC[C@]1(c2ccc(Cl)c(Cl)c2)C2CNC[C@@H]21. The maximum absolute atomic E-state index is 12.3. The first-order valence-corrected chi connectivity index (χ1v) is 7.41. The molecular formula is C14H15Cl3F3NO. The molecule has 0 spiro atoms. The minimum atomic E-state index is -4.30. The van der Waals surface area contributed by atoms with E-state index in [4.69, 9.17) is 27.9 Å². The molecule has 2 aliphatic rings. The molecule has 8 heteroatoms. The Kier molecular flexibility index (Phi) is 5.25. The number of hydrogen-bond acceptors (Lipinski definition) is 2. The van der Waals surface area contributed by atoms with E-state index in [-0.39, 0.29) is 24.4 Å². The molecule has 3 atom stereocenters. The molecule has 1 N–H and O–H groups in total. The molecule has 0 bridgehead atoms. The first-order valence-electron chi connectivity index (χ1n) is 6.65. The Morgan fingerprint density at radius 3 is 2.36 bits per heavy atom. The van der Waals surface area contributed by atoms with E-state index in [0.717, 1.165) is 18.7 Å². The van der Waals surface area contributed by atoms with Gasteiger partial charge in [-0.25, -0.2) is 0 Å². The van der Waals surface area contributed by atoms with Crippen LogP contribution in [0.5, 0.6) is 0 Å². The Labute approximate surface area is 142 Å². The van der Waals surface area contributed by atoms with E-state index < -0.39 is 12.8 Å². The summed E-state index contributed by atoms with van der Waals surface area (Å²) in [5.41, 5.74) is 0.542. The van der Waals surface area contributed by atoms with Crippen molar-refractivity contribution in [1.29, 1.82) is 0 Å². The first kappa shape index (κ1) is 18.1. The van der Waals surface area contributed by atoms with Gasteiger partial charge in [-0.3, -0.25) is 0 Å². The molecule has 124 valence electrons. The van der Waals surface area contributed by atoms with Gasteiger partial charge in [-0.1, -0.05) is 29.3 Å². The molecule has 1 aliphatic heterocycles. The average Bonchev–Trinajstić information content (AvgIpc) is 2.79. The van der Waals surface area contributed by atoms with Crippen LogP contribution in [0.25, 0.3) is 0 Å². The van der Waals surface area contributed by atoms with Gasteiger partial charge in [0.15, 0.2) is 0 Å². The topological polar surface area (TPSA) is 21.3 Å². The maximum atomic E-state index is 12.3. The zero-order valence-electron chi connectivity index (χ0n) is 11.4. The third-order valence-corrected chi connectivity index (χ3v) is 5.23. The molecule has 3 rings (SSSR count). The maximum Gasteiger partial charge on any atom is 0.411 e.